The summed E-state index contributed by atoms with van der Waals surface area (Å²) in [5.41, 5.74) is 0. The monoisotopic (exact) mass is 255 g/mol. The first kappa shape index (κ1) is 14.6. The highest BCUT2D eigenvalue weighted by atomic mass is 32.2. The number of thioether (sulfide) groups is 1. The highest BCUT2D eigenvalue weighted by Gasteiger charge is 2.23. The molecule has 0 aliphatic rings. The van der Waals surface area contributed by atoms with E-state index in [9.17, 15) is 0 Å². The lowest BCUT2D eigenvalue weighted by Crippen LogP contribution is -2.37. The van der Waals surface area contributed by atoms with E-state index in [2.05, 4.69) is 35.0 Å². The summed E-state index contributed by atoms with van der Waals surface area (Å²) in [5.74, 6) is 1.09. The van der Waals surface area contributed by atoms with E-state index in [0.29, 0.717) is 4.75 Å². The van der Waals surface area contributed by atoms with E-state index < -0.39 is 0 Å². The molecule has 1 aromatic rings. The summed E-state index contributed by atoms with van der Waals surface area (Å²) in [6, 6.07) is 0. The maximum absolute atomic E-state index is 4.22. The normalized spacial score (nSPS) is 12.0. The number of rotatable bonds is 8. The maximum Gasteiger partial charge on any atom is 0.105 e. The van der Waals surface area contributed by atoms with E-state index >= 15 is 0 Å². The van der Waals surface area contributed by atoms with Gasteiger partial charge in [0.1, 0.15) is 5.82 Å². The minimum absolute atomic E-state index is 0.407. The van der Waals surface area contributed by atoms with Crippen molar-refractivity contribution < 1.29 is 0 Å². The predicted octanol–water partition coefficient (Wildman–Crippen LogP) is 2.70. The molecule has 1 aromatic heterocycles. The smallest absolute Gasteiger partial charge is 0.105 e. The average Bonchev–Trinajstić information content (AvgIpc) is 2.76. The van der Waals surface area contributed by atoms with E-state index in [-0.39, 0.29) is 0 Å². The Morgan fingerprint density at radius 3 is 2.59 bits per heavy atom. The van der Waals surface area contributed by atoms with Crippen molar-refractivity contribution in [3.05, 3.63) is 18.2 Å². The zero-order chi connectivity index (χ0) is 12.7. The molecule has 0 aliphatic heterocycles. The second kappa shape index (κ2) is 7.07. The molecule has 4 heteroatoms. The Balaban J connectivity index is 2.30. The van der Waals surface area contributed by atoms with Crippen LogP contribution in [0.15, 0.2) is 12.4 Å². The fourth-order valence-corrected chi connectivity index (χ4v) is 2.84. The van der Waals surface area contributed by atoms with Crippen molar-refractivity contribution in [2.75, 3.05) is 19.3 Å². The third kappa shape index (κ3) is 4.03. The number of nitrogens with zero attached hydrogens (tertiary/aromatic N) is 2. The fraction of sp³-hybridized carbons (Fsp3) is 0.769. The summed E-state index contributed by atoms with van der Waals surface area (Å²) in [4.78, 5) is 4.22. The summed E-state index contributed by atoms with van der Waals surface area (Å²) in [6.45, 7) is 9.71. The Kier molecular flexibility index (Phi) is 6.06. The summed E-state index contributed by atoms with van der Waals surface area (Å²) in [7, 11) is 0. The number of hydrogen-bond donors (Lipinski definition) is 1. The molecule has 0 atom stereocenters. The third-order valence-corrected chi connectivity index (χ3v) is 5.21. The number of hydrogen-bond acceptors (Lipinski definition) is 3. The molecule has 0 saturated heterocycles. The molecule has 1 rings (SSSR count). The largest absolute Gasteiger partial charge is 0.334 e. The van der Waals surface area contributed by atoms with Gasteiger partial charge >= 0.3 is 0 Å². The van der Waals surface area contributed by atoms with Crippen LogP contribution in [0.4, 0.5) is 0 Å². The second-order valence-electron chi connectivity index (χ2n) is 4.44. The number of aryl methyl sites for hydroxylation is 1. The van der Waals surface area contributed by atoms with Crippen LogP contribution >= 0.6 is 11.8 Å². The molecule has 0 aliphatic carbocycles. The van der Waals surface area contributed by atoms with Crippen molar-refractivity contribution in [3.63, 3.8) is 0 Å². The van der Waals surface area contributed by atoms with Crippen molar-refractivity contribution in [2.24, 2.45) is 0 Å². The molecule has 3 nitrogen and oxygen atoms in total. The second-order valence-corrected chi connectivity index (χ2v) is 5.71. The van der Waals surface area contributed by atoms with Gasteiger partial charge in [-0.1, -0.05) is 13.8 Å². The molecule has 0 fully saturated rings. The van der Waals surface area contributed by atoms with Crippen LogP contribution in [0, 0.1) is 6.92 Å². The molecule has 0 amide bonds. The molecule has 0 aromatic carbocycles. The molecule has 98 valence electrons. The first-order valence-corrected chi connectivity index (χ1v) is 7.63. The van der Waals surface area contributed by atoms with Gasteiger partial charge in [0.2, 0.25) is 0 Å². The molecule has 0 bridgehead atoms. The van der Waals surface area contributed by atoms with Gasteiger partial charge in [0.05, 0.1) is 0 Å². The number of aromatic nitrogens is 2. The van der Waals surface area contributed by atoms with Crippen LogP contribution in [-0.4, -0.2) is 33.6 Å². The van der Waals surface area contributed by atoms with Gasteiger partial charge < -0.3 is 9.88 Å². The Bertz CT molecular complexity index is 310. The molecular formula is C13H25N3S. The summed E-state index contributed by atoms with van der Waals surface area (Å²) < 4.78 is 2.59. The lowest BCUT2D eigenvalue weighted by Gasteiger charge is -2.30. The third-order valence-electron chi connectivity index (χ3n) is 3.62. The van der Waals surface area contributed by atoms with Crippen LogP contribution in [0.3, 0.4) is 0 Å². The van der Waals surface area contributed by atoms with Crippen LogP contribution in [0.1, 0.15) is 32.5 Å². The quantitative estimate of drug-likeness (QED) is 0.724. The molecule has 1 heterocycles. The highest BCUT2D eigenvalue weighted by Crippen LogP contribution is 2.29. The molecular weight excluding hydrogens is 230 g/mol. The van der Waals surface area contributed by atoms with E-state index in [1.54, 1.807) is 0 Å². The van der Waals surface area contributed by atoms with Crippen LogP contribution < -0.4 is 5.32 Å². The molecule has 17 heavy (non-hydrogen) atoms. The SMILES string of the molecule is CCC(CC)(CNCCn1ccnc1C)SC. The summed E-state index contributed by atoms with van der Waals surface area (Å²) in [6.07, 6.45) is 8.57. The lowest BCUT2D eigenvalue weighted by molar-refractivity contribution is 0.480. The zero-order valence-electron chi connectivity index (χ0n) is 11.5. The first-order valence-electron chi connectivity index (χ1n) is 6.41. The Hall–Kier alpha value is -0.480. The van der Waals surface area contributed by atoms with E-state index in [1.165, 1.54) is 12.8 Å². The summed E-state index contributed by atoms with van der Waals surface area (Å²) >= 11 is 1.99. The van der Waals surface area contributed by atoms with E-state index in [0.717, 1.165) is 25.5 Å². The average molecular weight is 255 g/mol. The highest BCUT2D eigenvalue weighted by molar-refractivity contribution is 8.00. The predicted molar refractivity (Wildman–Crippen MR) is 76.7 cm³/mol. The van der Waals surface area contributed by atoms with E-state index in [4.69, 9.17) is 0 Å². The van der Waals surface area contributed by atoms with Crippen molar-refractivity contribution in [3.8, 4) is 0 Å². The fourth-order valence-electron chi connectivity index (χ4n) is 2.02. The zero-order valence-corrected chi connectivity index (χ0v) is 12.3. The van der Waals surface area contributed by atoms with Gasteiger partial charge in [-0.25, -0.2) is 4.98 Å². The molecule has 0 spiro atoms. The van der Waals surface area contributed by atoms with Crippen molar-refractivity contribution >= 4 is 11.8 Å². The minimum atomic E-state index is 0.407. The molecule has 0 unspecified atom stereocenters. The Morgan fingerprint density at radius 2 is 2.12 bits per heavy atom. The topological polar surface area (TPSA) is 29.9 Å². The minimum Gasteiger partial charge on any atom is -0.334 e. The van der Waals surface area contributed by atoms with Crippen molar-refractivity contribution in [1.29, 1.82) is 0 Å². The lowest BCUT2D eigenvalue weighted by atomic mass is 10.0. The molecule has 0 radical (unpaired) electrons. The van der Waals surface area contributed by atoms with Gasteiger partial charge in [-0.3, -0.25) is 0 Å². The van der Waals surface area contributed by atoms with Crippen LogP contribution in [0.2, 0.25) is 0 Å². The number of nitrogens with one attached hydrogen (secondary N) is 1. The first-order chi connectivity index (χ1) is 8.17. The van der Waals surface area contributed by atoms with Gasteiger partial charge in [-0.2, -0.15) is 11.8 Å². The standard InChI is InChI=1S/C13H25N3S/c1-5-13(6-2,17-4)11-14-7-9-16-10-8-15-12(16)3/h8,10,14H,5-7,9,11H2,1-4H3. The van der Waals surface area contributed by atoms with Gasteiger partial charge in [-0.15, -0.1) is 0 Å². The van der Waals surface area contributed by atoms with Gasteiger partial charge in [0.25, 0.3) is 0 Å². The maximum atomic E-state index is 4.22. The summed E-state index contributed by atoms with van der Waals surface area (Å²) in [5, 5.41) is 3.58. The Labute approximate surface area is 109 Å². The van der Waals surface area contributed by atoms with Gasteiger partial charge in [0.15, 0.2) is 0 Å². The van der Waals surface area contributed by atoms with Crippen LogP contribution in [-0.2, 0) is 6.54 Å². The van der Waals surface area contributed by atoms with Gasteiger partial charge in [0, 0.05) is 36.8 Å². The molecule has 0 saturated carbocycles. The van der Waals surface area contributed by atoms with Crippen LogP contribution in [0.5, 0.6) is 0 Å². The van der Waals surface area contributed by atoms with Crippen molar-refractivity contribution in [1.82, 2.24) is 14.9 Å². The number of imidazole rings is 1. The van der Waals surface area contributed by atoms with Crippen LogP contribution in [0.25, 0.3) is 0 Å². The van der Waals surface area contributed by atoms with E-state index in [1.807, 2.05) is 31.1 Å². The molecule has 1 N–H and O–H groups in total. The Morgan fingerprint density at radius 1 is 1.41 bits per heavy atom. The van der Waals surface area contributed by atoms with Gasteiger partial charge in [-0.05, 0) is 26.0 Å². The van der Waals surface area contributed by atoms with Crippen molar-refractivity contribution in [2.45, 2.75) is 44.9 Å².